The number of piperazine rings is 1. The van der Waals surface area contributed by atoms with Crippen molar-refractivity contribution in [2.75, 3.05) is 95.6 Å². The van der Waals surface area contributed by atoms with Crippen molar-refractivity contribution in [2.45, 2.75) is 70.6 Å². The molecule has 5 amide bonds. The molecule has 9 rings (SSSR count). The molecule has 0 spiro atoms. The Morgan fingerprint density at radius 3 is 2.30 bits per heavy atom. The highest BCUT2D eigenvalue weighted by molar-refractivity contribution is 6.23. The number of rotatable bonds is 15. The van der Waals surface area contributed by atoms with Crippen LogP contribution in [0.25, 0.3) is 10.9 Å². The van der Waals surface area contributed by atoms with E-state index in [0.717, 1.165) is 68.4 Å². The second kappa shape index (κ2) is 19.5. The number of carbonyl (C=O) groups is 5. The fraction of sp³-hybridized carbons (Fsp3) is 0.500. The number of aromatic nitrogens is 2. The Hall–Kier alpha value is -6.61. The van der Waals surface area contributed by atoms with Crippen LogP contribution in [0.15, 0.2) is 42.5 Å². The number of likely N-dealkylation sites (N-methyl/N-ethyl adjacent to an activating group) is 1. The van der Waals surface area contributed by atoms with Gasteiger partial charge >= 0.3 is 6.18 Å². The topological polar surface area (TPSA) is 196 Å². The molecule has 1 aliphatic carbocycles. The largest absolute Gasteiger partial charge is 0.493 e. The maximum absolute atomic E-state index is 15.5. The molecule has 1 unspecified atom stereocenters. The van der Waals surface area contributed by atoms with Crippen LogP contribution in [0.3, 0.4) is 0 Å². The number of fused-ring (bicyclic) bond motifs is 2. The van der Waals surface area contributed by atoms with Gasteiger partial charge in [-0.3, -0.25) is 44.0 Å². The number of ether oxygens (including phenoxy) is 2. The van der Waals surface area contributed by atoms with Gasteiger partial charge < -0.3 is 30.3 Å². The van der Waals surface area contributed by atoms with Crippen LogP contribution in [0.4, 0.5) is 34.8 Å². The third-order valence-electron chi connectivity index (χ3n) is 14.5. The molecule has 0 bridgehead atoms. The number of hydrogen-bond donors (Lipinski definition) is 3. The number of hydrogen-bond acceptors (Lipinski definition) is 14. The minimum absolute atomic E-state index is 0.00117. The number of nitrogens with two attached hydrogens (primary N) is 1. The Morgan fingerprint density at radius 1 is 0.930 bits per heavy atom. The highest BCUT2D eigenvalue weighted by Gasteiger charge is 2.47. The van der Waals surface area contributed by atoms with Gasteiger partial charge in [-0.1, -0.05) is 0 Å². The number of anilines is 3. The minimum Gasteiger partial charge on any atom is -0.493 e. The van der Waals surface area contributed by atoms with E-state index in [9.17, 15) is 37.1 Å². The first-order chi connectivity index (χ1) is 33.8. The molecule has 3 aromatic carbocycles. The number of piperidine rings is 2. The third-order valence-corrected chi connectivity index (χ3v) is 14.5. The zero-order valence-corrected chi connectivity index (χ0v) is 40.2. The molecule has 0 radical (unpaired) electrons. The number of benzene rings is 3. The number of alkyl halides is 3. The normalized spacial score (nSPS) is 20.3. The first-order valence-electron chi connectivity index (χ1n) is 24.0. The molecule has 1 aromatic heterocycles. The molecule has 71 heavy (non-hydrogen) atoms. The lowest BCUT2D eigenvalue weighted by molar-refractivity contribution is -0.138. The van der Waals surface area contributed by atoms with Crippen molar-refractivity contribution in [1.82, 2.24) is 34.9 Å². The number of methoxy groups -OCH3 is 1. The highest BCUT2D eigenvalue weighted by Crippen LogP contribution is 2.47. The van der Waals surface area contributed by atoms with E-state index in [2.05, 4.69) is 30.4 Å². The number of nitrogens with zero attached hydrogens (tertiary/aromatic N) is 7. The standard InChI is InChI=1S/C50H58F4N10O7/c1-28(31-17-32(50(52,53)54)19-33(55)18-31)56-45-36-22-42(41(70-4)23-38(36)57-29(2)58-45)71-27-49(9-10-49)26-60(3)44(66)25-61-11-7-30(8-12-61)24-62-13-15-63(16-14-62)40-21-35-34(20-37(40)51)47(68)64(48(35)69)39-5-6-43(65)59-46(39)67/h17-23,28,30,39H,5-16,24-27,55H2,1-4H3,(H,56,57,58)(H,59,65,67)/t28-,39?/m1/s1. The number of imide groups is 2. The summed E-state index contributed by atoms with van der Waals surface area (Å²) in [5.41, 5.74) is 5.87. The highest BCUT2D eigenvalue weighted by atomic mass is 19.4. The van der Waals surface area contributed by atoms with Gasteiger partial charge in [0.1, 0.15) is 23.5 Å². The van der Waals surface area contributed by atoms with Gasteiger partial charge in [0.05, 0.1) is 54.2 Å². The zero-order chi connectivity index (χ0) is 50.5. The van der Waals surface area contributed by atoms with E-state index in [4.69, 9.17) is 15.2 Å². The Bertz CT molecular complexity index is 2770. The summed E-state index contributed by atoms with van der Waals surface area (Å²) in [5, 5.41) is 6.02. The van der Waals surface area contributed by atoms with Crippen LogP contribution in [0, 0.1) is 24.1 Å². The van der Waals surface area contributed by atoms with Gasteiger partial charge in [-0.05, 0) is 107 Å². The molecule has 17 nitrogen and oxygen atoms in total. The SMILES string of the molecule is COc1cc2nc(C)nc(N[C@H](C)c3cc(N)cc(C(F)(F)F)c3)c2cc1OCC1(CN(C)C(=O)CN2CCC(CN3CCN(c4cc5c(cc4F)C(=O)N(C4CCC(=O)NC4=O)C5=O)CC3)CC2)CC1. The van der Waals surface area contributed by atoms with E-state index >= 15 is 4.39 Å². The fourth-order valence-corrected chi connectivity index (χ4v) is 10.3. The van der Waals surface area contributed by atoms with E-state index in [0.29, 0.717) is 91.4 Å². The molecule has 378 valence electrons. The number of amides is 5. The monoisotopic (exact) mass is 986 g/mol. The summed E-state index contributed by atoms with van der Waals surface area (Å²) in [5.74, 6) is -0.988. The van der Waals surface area contributed by atoms with Gasteiger partial charge in [0.25, 0.3) is 11.8 Å². The van der Waals surface area contributed by atoms with Crippen LogP contribution in [0.1, 0.15) is 89.2 Å². The molecule has 21 heteroatoms. The summed E-state index contributed by atoms with van der Waals surface area (Å²) < 4.78 is 68.5. The van der Waals surface area contributed by atoms with Crippen LogP contribution in [-0.4, -0.2) is 145 Å². The number of nitrogens with one attached hydrogen (secondary N) is 2. The average molecular weight is 987 g/mol. The molecule has 5 aliphatic rings. The molecule has 4 N–H and O–H groups in total. The van der Waals surface area contributed by atoms with E-state index in [1.807, 2.05) is 11.9 Å². The zero-order valence-electron chi connectivity index (χ0n) is 40.2. The van der Waals surface area contributed by atoms with Gasteiger partial charge in [0, 0.05) is 75.3 Å². The second-order valence-corrected chi connectivity index (χ2v) is 19.7. The van der Waals surface area contributed by atoms with Crippen molar-refractivity contribution in [3.05, 3.63) is 76.4 Å². The lowest BCUT2D eigenvalue weighted by Gasteiger charge is -2.39. The molecule has 4 aromatic rings. The average Bonchev–Trinajstić information content (AvgIpc) is 4.05. The van der Waals surface area contributed by atoms with Gasteiger partial charge in [0.15, 0.2) is 11.5 Å². The van der Waals surface area contributed by atoms with Crippen molar-refractivity contribution in [2.24, 2.45) is 11.3 Å². The molecular formula is C50H58F4N10O7. The fourth-order valence-electron chi connectivity index (χ4n) is 10.3. The Balaban J connectivity index is 0.739. The van der Waals surface area contributed by atoms with Gasteiger partial charge in [-0.25, -0.2) is 14.4 Å². The summed E-state index contributed by atoms with van der Waals surface area (Å²) in [6.45, 7) is 9.47. The lowest BCUT2D eigenvalue weighted by atomic mass is 9.95. The maximum atomic E-state index is 15.5. The smallest absolute Gasteiger partial charge is 0.416 e. The maximum Gasteiger partial charge on any atom is 0.416 e. The van der Waals surface area contributed by atoms with Crippen LogP contribution in [-0.2, 0) is 20.6 Å². The Labute approximate surface area is 408 Å². The molecular weight excluding hydrogens is 929 g/mol. The second-order valence-electron chi connectivity index (χ2n) is 19.7. The molecule has 3 saturated heterocycles. The molecule has 2 atom stereocenters. The third kappa shape index (κ3) is 10.6. The first kappa shape index (κ1) is 49.4. The number of aryl methyl sites for hydroxylation is 1. The summed E-state index contributed by atoms with van der Waals surface area (Å²) in [6, 6.07) is 7.75. The van der Waals surface area contributed by atoms with Gasteiger partial charge in [-0.2, -0.15) is 13.2 Å². The lowest BCUT2D eigenvalue weighted by Crippen LogP contribution is -2.54. The number of carbonyl (C=O) groups excluding carboxylic acids is 5. The summed E-state index contributed by atoms with van der Waals surface area (Å²) >= 11 is 0. The molecule has 5 heterocycles. The van der Waals surface area contributed by atoms with Gasteiger partial charge in [0.2, 0.25) is 17.7 Å². The molecule has 4 aliphatic heterocycles. The van der Waals surface area contributed by atoms with Crippen LogP contribution in [0.2, 0.25) is 0 Å². The van der Waals surface area contributed by atoms with Gasteiger partial charge in [-0.15, -0.1) is 0 Å². The summed E-state index contributed by atoms with van der Waals surface area (Å²) in [6.07, 6.45) is -0.920. The van der Waals surface area contributed by atoms with E-state index in [1.54, 1.807) is 30.9 Å². The predicted octanol–water partition coefficient (Wildman–Crippen LogP) is 5.41. The Kier molecular flexibility index (Phi) is 13.6. The van der Waals surface area contributed by atoms with Crippen molar-refractivity contribution < 1.29 is 51.0 Å². The van der Waals surface area contributed by atoms with E-state index < -0.39 is 53.3 Å². The quantitative estimate of drug-likeness (QED) is 0.0777. The van der Waals surface area contributed by atoms with Crippen molar-refractivity contribution in [1.29, 1.82) is 0 Å². The summed E-state index contributed by atoms with van der Waals surface area (Å²) in [7, 11) is 3.36. The van der Waals surface area contributed by atoms with Crippen LogP contribution >= 0.6 is 0 Å². The predicted molar refractivity (Wildman–Crippen MR) is 254 cm³/mol. The minimum atomic E-state index is -4.56. The van der Waals surface area contributed by atoms with Crippen LogP contribution in [0.5, 0.6) is 11.5 Å². The number of halogens is 4. The van der Waals surface area contributed by atoms with E-state index in [1.165, 1.54) is 19.2 Å². The number of likely N-dealkylation sites (tertiary alicyclic amines) is 1. The van der Waals surface area contributed by atoms with Crippen molar-refractivity contribution >= 4 is 57.6 Å². The van der Waals surface area contributed by atoms with Crippen LogP contribution < -0.4 is 30.7 Å². The molecule has 4 fully saturated rings. The van der Waals surface area contributed by atoms with E-state index in [-0.39, 0.29) is 46.7 Å². The van der Waals surface area contributed by atoms with Crippen molar-refractivity contribution in [3.63, 3.8) is 0 Å². The molecule has 1 saturated carbocycles. The first-order valence-corrected chi connectivity index (χ1v) is 24.0. The Morgan fingerprint density at radius 2 is 1.63 bits per heavy atom. The summed E-state index contributed by atoms with van der Waals surface area (Å²) in [4.78, 5) is 82.5. The van der Waals surface area contributed by atoms with Crippen molar-refractivity contribution in [3.8, 4) is 11.5 Å². The number of nitrogen functional groups attached to an aromatic ring is 1.